The van der Waals surface area contributed by atoms with Crippen molar-refractivity contribution in [2.45, 2.75) is 19.4 Å². The Kier molecular flexibility index (Phi) is 3.90. The minimum Gasteiger partial charge on any atom is -0.493 e. The van der Waals surface area contributed by atoms with Crippen LogP contribution in [0.4, 0.5) is 0 Å². The zero-order valence-electron chi connectivity index (χ0n) is 9.69. The fraction of sp³-hybridized carbons (Fsp3) is 0.417. The van der Waals surface area contributed by atoms with Gasteiger partial charge in [-0.15, -0.1) is 0 Å². The Morgan fingerprint density at radius 2 is 2.06 bits per heavy atom. The van der Waals surface area contributed by atoms with E-state index in [-0.39, 0.29) is 6.61 Å². The first kappa shape index (κ1) is 12.5. The van der Waals surface area contributed by atoms with E-state index >= 15 is 0 Å². The number of rotatable bonds is 5. The third kappa shape index (κ3) is 3.55. The fourth-order valence-electron chi connectivity index (χ4n) is 1.13. The van der Waals surface area contributed by atoms with Gasteiger partial charge in [0.1, 0.15) is 12.9 Å². The van der Waals surface area contributed by atoms with Gasteiger partial charge in [0.2, 0.25) is 0 Å². The second-order valence-electron chi connectivity index (χ2n) is 4.13. The number of aldehydes is 1. The second kappa shape index (κ2) is 4.99. The van der Waals surface area contributed by atoms with E-state index in [0.717, 1.165) is 6.29 Å². The summed E-state index contributed by atoms with van der Waals surface area (Å²) in [5.74, 6) is 0.990. The molecule has 0 bridgehead atoms. The molecule has 0 aromatic heterocycles. The van der Waals surface area contributed by atoms with Gasteiger partial charge in [0.25, 0.3) is 0 Å². The van der Waals surface area contributed by atoms with Crippen LogP contribution in [0.2, 0.25) is 0 Å². The van der Waals surface area contributed by atoms with Gasteiger partial charge in [-0.25, -0.2) is 0 Å². The predicted octanol–water partition coefficient (Wildman–Crippen LogP) is 1.66. The molecular weight excluding hydrogens is 208 g/mol. The lowest BCUT2D eigenvalue weighted by atomic mass is 10.1. The van der Waals surface area contributed by atoms with Crippen molar-refractivity contribution < 1.29 is 19.4 Å². The maximum absolute atomic E-state index is 10.6. The van der Waals surface area contributed by atoms with Gasteiger partial charge >= 0.3 is 0 Å². The summed E-state index contributed by atoms with van der Waals surface area (Å²) in [6.45, 7) is 3.46. The quantitative estimate of drug-likeness (QED) is 0.773. The zero-order valence-corrected chi connectivity index (χ0v) is 9.69. The van der Waals surface area contributed by atoms with Gasteiger partial charge < -0.3 is 14.6 Å². The molecule has 88 valence electrons. The smallest absolute Gasteiger partial charge is 0.161 e. The number of benzene rings is 1. The van der Waals surface area contributed by atoms with Crippen molar-refractivity contribution in [2.75, 3.05) is 13.7 Å². The normalized spacial score (nSPS) is 11.0. The molecule has 0 aliphatic rings. The van der Waals surface area contributed by atoms with E-state index in [9.17, 15) is 9.90 Å². The van der Waals surface area contributed by atoms with Crippen LogP contribution in [0.3, 0.4) is 0 Å². The van der Waals surface area contributed by atoms with E-state index in [0.29, 0.717) is 17.1 Å². The van der Waals surface area contributed by atoms with Crippen LogP contribution in [0.25, 0.3) is 0 Å². The van der Waals surface area contributed by atoms with Gasteiger partial charge in [0, 0.05) is 5.56 Å². The standard InChI is InChI=1S/C12H16O4/c1-12(2,14)8-16-10-5-4-9(7-13)6-11(10)15-3/h4-7,14H,8H2,1-3H3. The van der Waals surface area contributed by atoms with Crippen LogP contribution in [-0.2, 0) is 0 Å². The number of hydrogen-bond donors (Lipinski definition) is 1. The van der Waals surface area contributed by atoms with E-state index in [1.54, 1.807) is 32.0 Å². The fourth-order valence-corrected chi connectivity index (χ4v) is 1.13. The third-order valence-electron chi connectivity index (χ3n) is 1.90. The largest absolute Gasteiger partial charge is 0.493 e. The number of methoxy groups -OCH3 is 1. The first-order valence-corrected chi connectivity index (χ1v) is 4.94. The number of carbonyl (C=O) groups is 1. The van der Waals surface area contributed by atoms with Gasteiger partial charge in [-0.2, -0.15) is 0 Å². The first-order valence-electron chi connectivity index (χ1n) is 4.94. The Morgan fingerprint density at radius 3 is 2.56 bits per heavy atom. The molecule has 0 fully saturated rings. The molecule has 0 atom stereocenters. The minimum absolute atomic E-state index is 0.157. The molecule has 0 radical (unpaired) electrons. The topological polar surface area (TPSA) is 55.8 Å². The molecule has 16 heavy (non-hydrogen) atoms. The molecule has 0 saturated heterocycles. The van der Waals surface area contributed by atoms with Crippen molar-refractivity contribution in [3.8, 4) is 11.5 Å². The maximum Gasteiger partial charge on any atom is 0.161 e. The van der Waals surface area contributed by atoms with Crippen LogP contribution < -0.4 is 9.47 Å². The van der Waals surface area contributed by atoms with E-state index < -0.39 is 5.60 Å². The van der Waals surface area contributed by atoms with Gasteiger partial charge in [0.15, 0.2) is 11.5 Å². The lowest BCUT2D eigenvalue weighted by Crippen LogP contribution is -2.27. The van der Waals surface area contributed by atoms with E-state index in [1.165, 1.54) is 7.11 Å². The molecule has 1 rings (SSSR count). The van der Waals surface area contributed by atoms with Gasteiger partial charge in [-0.05, 0) is 32.0 Å². The molecule has 0 unspecified atom stereocenters. The highest BCUT2D eigenvalue weighted by molar-refractivity contribution is 5.76. The van der Waals surface area contributed by atoms with Crippen molar-refractivity contribution in [1.29, 1.82) is 0 Å². The van der Waals surface area contributed by atoms with Crippen LogP contribution in [-0.4, -0.2) is 30.7 Å². The zero-order chi connectivity index (χ0) is 12.2. The highest BCUT2D eigenvalue weighted by atomic mass is 16.5. The Bertz CT molecular complexity index is 366. The highest BCUT2D eigenvalue weighted by Gasteiger charge is 2.15. The molecule has 4 nitrogen and oxygen atoms in total. The number of hydrogen-bond acceptors (Lipinski definition) is 4. The Morgan fingerprint density at radius 1 is 1.38 bits per heavy atom. The van der Waals surface area contributed by atoms with Crippen molar-refractivity contribution in [3.63, 3.8) is 0 Å². The SMILES string of the molecule is COc1cc(C=O)ccc1OCC(C)(C)O. The summed E-state index contributed by atoms with van der Waals surface area (Å²) in [6.07, 6.45) is 0.738. The van der Waals surface area contributed by atoms with Crippen molar-refractivity contribution in [1.82, 2.24) is 0 Å². The lowest BCUT2D eigenvalue weighted by molar-refractivity contribution is 0.0276. The summed E-state index contributed by atoms with van der Waals surface area (Å²) < 4.78 is 10.5. The first-order chi connectivity index (χ1) is 7.46. The number of aliphatic hydroxyl groups is 1. The van der Waals surface area contributed by atoms with Crippen molar-refractivity contribution >= 4 is 6.29 Å². The number of carbonyl (C=O) groups excluding carboxylic acids is 1. The Hall–Kier alpha value is -1.55. The monoisotopic (exact) mass is 224 g/mol. The summed E-state index contributed by atoms with van der Waals surface area (Å²) in [6, 6.07) is 4.87. The van der Waals surface area contributed by atoms with Crippen LogP contribution in [0.15, 0.2) is 18.2 Å². The van der Waals surface area contributed by atoms with Crippen LogP contribution >= 0.6 is 0 Å². The molecule has 0 amide bonds. The number of ether oxygens (including phenoxy) is 2. The average Bonchev–Trinajstić information content (AvgIpc) is 2.25. The van der Waals surface area contributed by atoms with Gasteiger partial charge in [-0.3, -0.25) is 4.79 Å². The molecule has 0 saturated carbocycles. The Balaban J connectivity index is 2.83. The van der Waals surface area contributed by atoms with Crippen molar-refractivity contribution in [2.24, 2.45) is 0 Å². The highest BCUT2D eigenvalue weighted by Crippen LogP contribution is 2.28. The summed E-state index contributed by atoms with van der Waals surface area (Å²) in [5, 5.41) is 9.52. The van der Waals surface area contributed by atoms with Crippen LogP contribution in [0, 0.1) is 0 Å². The molecule has 1 N–H and O–H groups in total. The van der Waals surface area contributed by atoms with Gasteiger partial charge in [0.05, 0.1) is 12.7 Å². The van der Waals surface area contributed by atoms with E-state index in [2.05, 4.69) is 0 Å². The van der Waals surface area contributed by atoms with E-state index in [4.69, 9.17) is 9.47 Å². The lowest BCUT2D eigenvalue weighted by Gasteiger charge is -2.19. The predicted molar refractivity (Wildman–Crippen MR) is 60.2 cm³/mol. The average molecular weight is 224 g/mol. The van der Waals surface area contributed by atoms with Gasteiger partial charge in [-0.1, -0.05) is 0 Å². The van der Waals surface area contributed by atoms with Crippen LogP contribution in [0.5, 0.6) is 11.5 Å². The molecule has 4 heteroatoms. The Labute approximate surface area is 94.8 Å². The van der Waals surface area contributed by atoms with E-state index in [1.807, 2.05) is 0 Å². The summed E-state index contributed by atoms with van der Waals surface area (Å²) in [7, 11) is 1.50. The third-order valence-corrected chi connectivity index (χ3v) is 1.90. The minimum atomic E-state index is -0.908. The second-order valence-corrected chi connectivity index (χ2v) is 4.13. The molecule has 1 aromatic carbocycles. The molecular formula is C12H16O4. The van der Waals surface area contributed by atoms with Crippen LogP contribution in [0.1, 0.15) is 24.2 Å². The molecule has 0 spiro atoms. The summed E-state index contributed by atoms with van der Waals surface area (Å²) in [5.41, 5.74) is -0.388. The molecule has 0 aliphatic heterocycles. The summed E-state index contributed by atoms with van der Waals surface area (Å²) >= 11 is 0. The molecule has 1 aromatic rings. The van der Waals surface area contributed by atoms with Crippen molar-refractivity contribution in [3.05, 3.63) is 23.8 Å². The molecule has 0 aliphatic carbocycles. The maximum atomic E-state index is 10.6. The summed E-state index contributed by atoms with van der Waals surface area (Å²) in [4.78, 5) is 10.6. The molecule has 0 heterocycles.